The van der Waals surface area contributed by atoms with Crippen LogP contribution in [0.5, 0.6) is 0 Å². The summed E-state index contributed by atoms with van der Waals surface area (Å²) in [6.45, 7) is 2.88. The number of nitrogen functional groups attached to an aromatic ring is 1. The van der Waals surface area contributed by atoms with Crippen molar-refractivity contribution < 1.29 is 0 Å². The van der Waals surface area contributed by atoms with E-state index in [1.54, 1.807) is 0 Å². The minimum Gasteiger partial charge on any atom is -0.366 e. The summed E-state index contributed by atoms with van der Waals surface area (Å²) >= 11 is 4.73. The second kappa shape index (κ2) is 4.01. The van der Waals surface area contributed by atoms with Gasteiger partial charge in [-0.25, -0.2) is 0 Å². The number of nitrogens with one attached hydrogen (secondary N) is 1. The van der Waals surface area contributed by atoms with Crippen molar-refractivity contribution in [3.8, 4) is 0 Å². The van der Waals surface area contributed by atoms with Gasteiger partial charge in [0, 0.05) is 11.9 Å². The van der Waals surface area contributed by atoms with Crippen LogP contribution >= 0.6 is 12.2 Å². The van der Waals surface area contributed by atoms with Crippen molar-refractivity contribution in [3.63, 3.8) is 0 Å². The number of nitrogens with two attached hydrogens (primary N) is 1. The molecule has 0 aromatic carbocycles. The van der Waals surface area contributed by atoms with E-state index in [0.717, 1.165) is 13.0 Å². The first-order valence-corrected chi connectivity index (χ1v) is 4.16. The van der Waals surface area contributed by atoms with Crippen molar-refractivity contribution in [1.82, 2.24) is 14.9 Å². The number of anilines is 1. The number of aromatic nitrogens is 3. The first-order chi connectivity index (χ1) is 5.77. The van der Waals surface area contributed by atoms with E-state index < -0.39 is 0 Å². The molecular formula is C6H11N5S. The third-order valence-electron chi connectivity index (χ3n) is 1.27. The Morgan fingerprint density at radius 2 is 2.50 bits per heavy atom. The highest BCUT2D eigenvalue weighted by molar-refractivity contribution is 7.79. The van der Waals surface area contributed by atoms with Crippen LogP contribution in [0.4, 0.5) is 5.95 Å². The van der Waals surface area contributed by atoms with Gasteiger partial charge >= 0.3 is 0 Å². The fraction of sp³-hybridized carbons (Fsp3) is 0.500. The minimum absolute atomic E-state index is 0.231. The zero-order valence-electron chi connectivity index (χ0n) is 6.82. The number of rotatable bonds is 4. The van der Waals surface area contributed by atoms with E-state index in [4.69, 9.17) is 18.0 Å². The van der Waals surface area contributed by atoms with Crippen molar-refractivity contribution >= 4 is 23.5 Å². The Balaban J connectivity index is 2.74. The standard InChI is InChI=1S/C6H11N5S/c1-2-3-8-11-5(4-12)9-6(7)10-11/h4,8H,2-3H2,1H3,(H2,7,10). The molecule has 0 bridgehead atoms. The van der Waals surface area contributed by atoms with E-state index in [-0.39, 0.29) is 5.95 Å². The highest BCUT2D eigenvalue weighted by atomic mass is 32.1. The Kier molecular flexibility index (Phi) is 2.98. The van der Waals surface area contributed by atoms with Gasteiger partial charge in [-0.1, -0.05) is 19.1 Å². The molecule has 0 unspecified atom stereocenters. The monoisotopic (exact) mass is 185 g/mol. The number of thiocarbonyl (C=S) groups is 1. The van der Waals surface area contributed by atoms with Gasteiger partial charge in [0.2, 0.25) is 5.95 Å². The molecule has 0 aliphatic rings. The first-order valence-electron chi connectivity index (χ1n) is 3.69. The Morgan fingerprint density at radius 1 is 1.75 bits per heavy atom. The molecule has 0 radical (unpaired) electrons. The minimum atomic E-state index is 0.231. The molecule has 0 atom stereocenters. The molecule has 12 heavy (non-hydrogen) atoms. The maximum atomic E-state index is 5.38. The summed E-state index contributed by atoms with van der Waals surface area (Å²) in [5, 5.41) is 5.33. The summed E-state index contributed by atoms with van der Waals surface area (Å²) in [4.78, 5) is 5.38. The molecule has 0 saturated heterocycles. The Morgan fingerprint density at radius 3 is 3.08 bits per heavy atom. The SMILES string of the molecule is CCCNn1nc(N)nc1C=S. The van der Waals surface area contributed by atoms with E-state index in [0.29, 0.717) is 5.82 Å². The summed E-state index contributed by atoms with van der Waals surface area (Å²) in [7, 11) is 0. The second-order valence-electron chi connectivity index (χ2n) is 2.27. The van der Waals surface area contributed by atoms with Crippen molar-refractivity contribution in [1.29, 1.82) is 0 Å². The molecule has 0 aliphatic heterocycles. The van der Waals surface area contributed by atoms with Gasteiger partial charge in [-0.3, -0.25) is 0 Å². The van der Waals surface area contributed by atoms with E-state index in [1.807, 2.05) is 0 Å². The van der Waals surface area contributed by atoms with Gasteiger partial charge in [-0.15, -0.1) is 5.10 Å². The maximum Gasteiger partial charge on any atom is 0.242 e. The summed E-state index contributed by atoms with van der Waals surface area (Å²) in [6.07, 6.45) is 1.01. The lowest BCUT2D eigenvalue weighted by Crippen LogP contribution is -2.19. The van der Waals surface area contributed by atoms with E-state index in [9.17, 15) is 0 Å². The summed E-state index contributed by atoms with van der Waals surface area (Å²) in [5.74, 6) is 0.797. The van der Waals surface area contributed by atoms with Crippen molar-refractivity contribution in [2.45, 2.75) is 13.3 Å². The summed E-state index contributed by atoms with van der Waals surface area (Å²) in [6, 6.07) is 0. The Bertz CT molecular complexity index is 269. The van der Waals surface area contributed by atoms with Crippen LogP contribution < -0.4 is 11.2 Å². The van der Waals surface area contributed by atoms with E-state index in [2.05, 4.69) is 22.4 Å². The molecule has 0 amide bonds. The smallest absolute Gasteiger partial charge is 0.242 e. The molecule has 5 nitrogen and oxygen atoms in total. The van der Waals surface area contributed by atoms with Gasteiger partial charge in [0.25, 0.3) is 0 Å². The molecule has 6 heteroatoms. The molecule has 1 heterocycles. The lowest BCUT2D eigenvalue weighted by atomic mass is 10.5. The van der Waals surface area contributed by atoms with Gasteiger partial charge in [-0.05, 0) is 6.42 Å². The van der Waals surface area contributed by atoms with Crippen LogP contribution in [-0.4, -0.2) is 26.8 Å². The summed E-state index contributed by atoms with van der Waals surface area (Å²) < 4.78 is 0. The molecule has 1 aromatic rings. The molecule has 0 fully saturated rings. The quantitative estimate of drug-likeness (QED) is 0.654. The van der Waals surface area contributed by atoms with Crippen LogP contribution in [0.15, 0.2) is 0 Å². The summed E-state index contributed by atoms with van der Waals surface area (Å²) in [5.41, 5.74) is 8.38. The predicted octanol–water partition coefficient (Wildman–Crippen LogP) is 0.162. The van der Waals surface area contributed by atoms with Gasteiger partial charge < -0.3 is 11.2 Å². The third kappa shape index (κ3) is 1.91. The van der Waals surface area contributed by atoms with Crippen LogP contribution in [-0.2, 0) is 0 Å². The van der Waals surface area contributed by atoms with Crippen LogP contribution in [0.3, 0.4) is 0 Å². The zero-order chi connectivity index (χ0) is 8.97. The average molecular weight is 185 g/mol. The fourth-order valence-electron chi connectivity index (χ4n) is 0.751. The lowest BCUT2D eigenvalue weighted by Gasteiger charge is -2.03. The zero-order valence-corrected chi connectivity index (χ0v) is 7.64. The highest BCUT2D eigenvalue weighted by Gasteiger charge is 2.02. The average Bonchev–Trinajstić information content (AvgIpc) is 2.42. The van der Waals surface area contributed by atoms with Crippen molar-refractivity contribution in [3.05, 3.63) is 5.82 Å². The number of nitrogens with zero attached hydrogens (tertiary/aromatic N) is 3. The highest BCUT2D eigenvalue weighted by Crippen LogP contribution is 1.94. The molecule has 1 rings (SSSR count). The van der Waals surface area contributed by atoms with E-state index >= 15 is 0 Å². The molecule has 3 N–H and O–H groups in total. The second-order valence-corrected chi connectivity index (χ2v) is 2.50. The Hall–Kier alpha value is -1.17. The molecule has 66 valence electrons. The van der Waals surface area contributed by atoms with Crippen molar-refractivity contribution in [2.75, 3.05) is 17.7 Å². The normalized spacial score (nSPS) is 9.75. The Labute approximate surface area is 75.9 Å². The molecule has 1 aromatic heterocycles. The van der Waals surface area contributed by atoms with Crippen LogP contribution in [0.2, 0.25) is 0 Å². The van der Waals surface area contributed by atoms with Gasteiger partial charge in [0.05, 0.1) is 0 Å². The maximum absolute atomic E-state index is 5.38. The topological polar surface area (TPSA) is 68.8 Å². The van der Waals surface area contributed by atoms with E-state index in [1.165, 1.54) is 10.2 Å². The molecule has 0 spiro atoms. The molecule has 0 aliphatic carbocycles. The number of hydrogen-bond donors (Lipinski definition) is 2. The van der Waals surface area contributed by atoms with Gasteiger partial charge in [0.15, 0.2) is 5.82 Å². The molecule has 0 saturated carbocycles. The van der Waals surface area contributed by atoms with Crippen LogP contribution in [0.1, 0.15) is 19.2 Å². The van der Waals surface area contributed by atoms with Gasteiger partial charge in [0.1, 0.15) is 0 Å². The first kappa shape index (κ1) is 8.92. The predicted molar refractivity (Wildman–Crippen MR) is 51.7 cm³/mol. The van der Waals surface area contributed by atoms with Gasteiger partial charge in [-0.2, -0.15) is 9.77 Å². The number of hydrogen-bond acceptors (Lipinski definition) is 5. The largest absolute Gasteiger partial charge is 0.366 e. The van der Waals surface area contributed by atoms with Crippen LogP contribution in [0, 0.1) is 0 Å². The third-order valence-corrected chi connectivity index (χ3v) is 1.48. The van der Waals surface area contributed by atoms with Crippen molar-refractivity contribution in [2.24, 2.45) is 0 Å². The fourth-order valence-corrected chi connectivity index (χ4v) is 0.904. The molecular weight excluding hydrogens is 174 g/mol. The van der Waals surface area contributed by atoms with Crippen LogP contribution in [0.25, 0.3) is 0 Å². The lowest BCUT2D eigenvalue weighted by molar-refractivity contribution is 0.716.